The number of carbonyl (C=O) groups excluding carboxylic acids is 2. The lowest BCUT2D eigenvalue weighted by molar-refractivity contribution is -0.119. The fourth-order valence-corrected chi connectivity index (χ4v) is 5.28. The van der Waals surface area contributed by atoms with Crippen LogP contribution < -0.4 is 5.32 Å². The van der Waals surface area contributed by atoms with E-state index in [1.165, 1.54) is 11.0 Å². The van der Waals surface area contributed by atoms with Gasteiger partial charge in [0.2, 0.25) is 15.9 Å². The molecule has 168 valence electrons. The molecule has 2 aromatic carbocycles. The summed E-state index contributed by atoms with van der Waals surface area (Å²) in [5.74, 6) is -1.82. The Morgan fingerprint density at radius 2 is 1.81 bits per heavy atom. The fourth-order valence-electron chi connectivity index (χ4n) is 3.78. The van der Waals surface area contributed by atoms with Gasteiger partial charge in [0.15, 0.2) is 0 Å². The second-order valence-corrected chi connectivity index (χ2v) is 9.40. The minimum atomic E-state index is -4.09. The zero-order valence-corrected chi connectivity index (χ0v) is 18.2. The van der Waals surface area contributed by atoms with Crippen LogP contribution >= 0.6 is 0 Å². The first-order valence-electron chi connectivity index (χ1n) is 10.0. The molecule has 1 atom stereocenters. The number of benzene rings is 2. The molecule has 1 unspecified atom stereocenters. The van der Waals surface area contributed by atoms with E-state index in [2.05, 4.69) is 11.9 Å². The van der Waals surface area contributed by atoms with Crippen LogP contribution in [0.25, 0.3) is 5.70 Å². The average molecular weight is 459 g/mol. The molecular weight excluding hydrogens is 437 g/mol. The number of hydrogen-bond donors (Lipinski definition) is 1. The number of sulfonamides is 1. The number of anilines is 1. The van der Waals surface area contributed by atoms with Crippen molar-refractivity contribution >= 4 is 33.2 Å². The summed E-state index contributed by atoms with van der Waals surface area (Å²) in [5.41, 5.74) is 1.61. The summed E-state index contributed by atoms with van der Waals surface area (Å²) in [6, 6.07) is 9.34. The Bertz CT molecular complexity index is 1170. The normalized spacial score (nSPS) is 17.9. The molecule has 2 aliphatic rings. The Kier molecular flexibility index (Phi) is 5.85. The molecule has 0 aromatic heterocycles. The molecule has 2 heterocycles. The molecule has 2 aromatic rings. The number of nitrogens with zero attached hydrogens (tertiary/aromatic N) is 2. The molecule has 2 amide bonds. The first-order chi connectivity index (χ1) is 15.2. The van der Waals surface area contributed by atoms with Crippen molar-refractivity contribution < 1.29 is 27.1 Å². The van der Waals surface area contributed by atoms with E-state index >= 15 is 0 Å². The lowest BCUT2D eigenvalue weighted by Gasteiger charge is -2.26. The Hall–Kier alpha value is -3.08. The van der Waals surface area contributed by atoms with Crippen molar-refractivity contribution in [3.8, 4) is 0 Å². The monoisotopic (exact) mass is 459 g/mol. The molecule has 0 saturated carbocycles. The molecule has 1 fully saturated rings. The Morgan fingerprint density at radius 1 is 1.16 bits per heavy atom. The van der Waals surface area contributed by atoms with Crippen molar-refractivity contribution in [3.05, 3.63) is 66.0 Å². The van der Waals surface area contributed by atoms with Crippen molar-refractivity contribution in [1.29, 1.82) is 0 Å². The number of ether oxygens (including phenoxy) is 1. The topological polar surface area (TPSA) is 96.0 Å². The third-order valence-corrected chi connectivity index (χ3v) is 7.44. The van der Waals surface area contributed by atoms with Gasteiger partial charge >= 0.3 is 0 Å². The maximum atomic E-state index is 14.4. The van der Waals surface area contributed by atoms with Crippen LogP contribution in [0.5, 0.6) is 0 Å². The predicted molar refractivity (Wildman–Crippen MR) is 116 cm³/mol. The van der Waals surface area contributed by atoms with Gasteiger partial charge in [0.1, 0.15) is 16.8 Å². The number of hydrogen-bond acceptors (Lipinski definition) is 5. The molecule has 1 N–H and O–H groups in total. The summed E-state index contributed by atoms with van der Waals surface area (Å²) in [4.78, 5) is 26.4. The van der Waals surface area contributed by atoms with E-state index in [-0.39, 0.29) is 37.9 Å². The summed E-state index contributed by atoms with van der Waals surface area (Å²) >= 11 is 0. The minimum absolute atomic E-state index is 0.102. The second-order valence-electron chi connectivity index (χ2n) is 7.49. The van der Waals surface area contributed by atoms with Crippen molar-refractivity contribution in [3.63, 3.8) is 0 Å². The van der Waals surface area contributed by atoms with Crippen molar-refractivity contribution in [1.82, 2.24) is 9.21 Å². The van der Waals surface area contributed by atoms with Crippen LogP contribution in [0, 0.1) is 5.82 Å². The number of rotatable bonds is 5. The summed E-state index contributed by atoms with van der Waals surface area (Å²) in [7, 11) is -4.09. The standard InChI is InChI=1S/C22H22FN3O5S/c1-14-17-5-3-4-6-18(17)22(28)26(14)15(2)21(27)24-16-7-8-19(23)20(13-16)32(29,30)25-9-11-31-12-10-25/h3-8,13,15H,1,9-12H2,2H3,(H,24,27). The van der Waals surface area contributed by atoms with Crippen molar-refractivity contribution in [2.24, 2.45) is 0 Å². The Balaban J connectivity index is 1.55. The largest absolute Gasteiger partial charge is 0.379 e. The molecule has 10 heteroatoms. The number of carbonyl (C=O) groups is 2. The number of morpholine rings is 1. The zero-order valence-electron chi connectivity index (χ0n) is 17.4. The SMILES string of the molecule is C=C1c2ccccc2C(=O)N1C(C)C(=O)Nc1ccc(F)c(S(=O)(=O)N2CCOCC2)c1. The Morgan fingerprint density at radius 3 is 2.47 bits per heavy atom. The van der Waals surface area contributed by atoms with Gasteiger partial charge in [-0.2, -0.15) is 4.31 Å². The molecule has 0 bridgehead atoms. The van der Waals surface area contributed by atoms with Gasteiger partial charge in [0, 0.05) is 35.6 Å². The maximum absolute atomic E-state index is 14.4. The van der Waals surface area contributed by atoms with Gasteiger partial charge in [0.25, 0.3) is 5.91 Å². The highest BCUT2D eigenvalue weighted by Gasteiger charge is 2.37. The smallest absolute Gasteiger partial charge is 0.259 e. The Labute approximate surface area is 185 Å². The zero-order chi connectivity index (χ0) is 23.0. The van der Waals surface area contributed by atoms with E-state index in [4.69, 9.17) is 4.74 Å². The summed E-state index contributed by atoms with van der Waals surface area (Å²) in [6.07, 6.45) is 0. The third kappa shape index (κ3) is 3.81. The van der Waals surface area contributed by atoms with Gasteiger partial charge in [0.05, 0.1) is 13.2 Å². The third-order valence-electron chi connectivity index (χ3n) is 5.53. The van der Waals surface area contributed by atoms with Crippen LogP contribution in [-0.4, -0.2) is 61.8 Å². The van der Waals surface area contributed by atoms with Gasteiger partial charge in [-0.05, 0) is 31.2 Å². The van der Waals surface area contributed by atoms with Gasteiger partial charge in [-0.25, -0.2) is 12.8 Å². The molecule has 0 radical (unpaired) electrons. The van der Waals surface area contributed by atoms with Crippen LogP contribution in [-0.2, 0) is 19.6 Å². The van der Waals surface area contributed by atoms with Crippen LogP contribution in [0.15, 0.2) is 53.9 Å². The maximum Gasteiger partial charge on any atom is 0.259 e. The van der Waals surface area contributed by atoms with E-state index in [0.717, 1.165) is 16.4 Å². The quantitative estimate of drug-likeness (QED) is 0.740. The molecule has 32 heavy (non-hydrogen) atoms. The molecule has 1 saturated heterocycles. The summed E-state index contributed by atoms with van der Waals surface area (Å²) < 4.78 is 46.4. The molecular formula is C22H22FN3O5S. The van der Waals surface area contributed by atoms with Gasteiger partial charge in [-0.15, -0.1) is 0 Å². The van der Waals surface area contributed by atoms with Crippen LogP contribution in [0.3, 0.4) is 0 Å². The lowest BCUT2D eigenvalue weighted by Crippen LogP contribution is -2.42. The highest BCUT2D eigenvalue weighted by molar-refractivity contribution is 7.89. The van der Waals surface area contributed by atoms with Crippen LogP contribution in [0.1, 0.15) is 22.8 Å². The highest BCUT2D eigenvalue weighted by Crippen LogP contribution is 2.33. The van der Waals surface area contributed by atoms with E-state index in [1.807, 2.05) is 0 Å². The first kappa shape index (κ1) is 22.1. The highest BCUT2D eigenvalue weighted by atomic mass is 32.2. The number of fused-ring (bicyclic) bond motifs is 1. The van der Waals surface area contributed by atoms with Crippen LogP contribution in [0.4, 0.5) is 10.1 Å². The second kappa shape index (κ2) is 8.45. The molecule has 4 rings (SSSR count). The summed E-state index contributed by atoms with van der Waals surface area (Å²) in [5, 5.41) is 2.58. The van der Waals surface area contributed by atoms with Gasteiger partial charge < -0.3 is 10.1 Å². The summed E-state index contributed by atoms with van der Waals surface area (Å²) in [6.45, 7) is 6.16. The van der Waals surface area contributed by atoms with E-state index < -0.39 is 32.7 Å². The van der Waals surface area contributed by atoms with Gasteiger partial charge in [-0.1, -0.05) is 24.8 Å². The first-order valence-corrected chi connectivity index (χ1v) is 11.5. The molecule has 2 aliphatic heterocycles. The average Bonchev–Trinajstić information content (AvgIpc) is 3.05. The number of nitrogens with one attached hydrogen (secondary N) is 1. The fraction of sp³-hybridized carbons (Fsp3) is 0.273. The van der Waals surface area contributed by atoms with E-state index in [1.54, 1.807) is 31.2 Å². The number of amides is 2. The van der Waals surface area contributed by atoms with Crippen molar-refractivity contribution in [2.45, 2.75) is 17.9 Å². The molecule has 0 aliphatic carbocycles. The predicted octanol–water partition coefficient (Wildman–Crippen LogP) is 2.30. The molecule has 8 nitrogen and oxygen atoms in total. The lowest BCUT2D eigenvalue weighted by atomic mass is 10.1. The minimum Gasteiger partial charge on any atom is -0.379 e. The number of halogens is 1. The van der Waals surface area contributed by atoms with E-state index in [9.17, 15) is 22.4 Å². The van der Waals surface area contributed by atoms with Crippen LogP contribution in [0.2, 0.25) is 0 Å². The van der Waals surface area contributed by atoms with Gasteiger partial charge in [-0.3, -0.25) is 14.5 Å². The van der Waals surface area contributed by atoms with Crippen molar-refractivity contribution in [2.75, 3.05) is 31.6 Å². The molecule has 0 spiro atoms. The van der Waals surface area contributed by atoms with E-state index in [0.29, 0.717) is 16.8 Å².